The minimum absolute atomic E-state index is 0.0821. The molecule has 2 N–H and O–H groups in total. The molecule has 0 spiro atoms. The fourth-order valence-corrected chi connectivity index (χ4v) is 2.63. The van der Waals surface area contributed by atoms with Gasteiger partial charge in [-0.25, -0.2) is 4.98 Å². The van der Waals surface area contributed by atoms with Crippen LogP contribution < -0.4 is 15.8 Å². The number of hydrogen-bond acceptors (Lipinski definition) is 5. The molecule has 3 rings (SSSR count). The van der Waals surface area contributed by atoms with Gasteiger partial charge in [0.05, 0.1) is 0 Å². The van der Waals surface area contributed by atoms with Crippen LogP contribution in [0.2, 0.25) is 0 Å². The second kappa shape index (κ2) is 6.00. The molecule has 0 aliphatic carbocycles. The topological polar surface area (TPSA) is 94.6 Å². The summed E-state index contributed by atoms with van der Waals surface area (Å²) in [5.41, 5.74) is 4.46. The summed E-state index contributed by atoms with van der Waals surface area (Å²) in [6.45, 7) is 2.49. The molecule has 3 amide bonds. The second-order valence-electron chi connectivity index (χ2n) is 5.29. The predicted molar refractivity (Wildman–Crippen MR) is 77.4 cm³/mol. The van der Waals surface area contributed by atoms with Gasteiger partial charge in [0.15, 0.2) is 0 Å². The Bertz CT molecular complexity index is 567. The quantitative estimate of drug-likeness (QED) is 0.691. The lowest BCUT2D eigenvalue weighted by Crippen LogP contribution is -2.49. The van der Waals surface area contributed by atoms with Crippen molar-refractivity contribution >= 4 is 23.5 Å². The van der Waals surface area contributed by atoms with Gasteiger partial charge in [-0.15, -0.1) is 0 Å². The van der Waals surface area contributed by atoms with Crippen LogP contribution in [0.1, 0.15) is 6.42 Å². The third-order valence-electron chi connectivity index (χ3n) is 3.93. The van der Waals surface area contributed by atoms with Crippen LogP contribution in [0.25, 0.3) is 0 Å². The molecular weight excluding hydrogens is 286 g/mol. The van der Waals surface area contributed by atoms with Crippen molar-refractivity contribution in [3.63, 3.8) is 0 Å². The van der Waals surface area contributed by atoms with E-state index in [2.05, 4.69) is 20.7 Å². The molecule has 0 bridgehead atoms. The zero-order valence-electron chi connectivity index (χ0n) is 12.0. The number of hydrazine groups is 1. The molecule has 2 saturated heterocycles. The van der Waals surface area contributed by atoms with Gasteiger partial charge < -0.3 is 9.80 Å². The van der Waals surface area contributed by atoms with Crippen molar-refractivity contribution in [1.82, 2.24) is 20.7 Å². The lowest BCUT2D eigenvalue weighted by molar-refractivity contribution is -0.138. The van der Waals surface area contributed by atoms with E-state index < -0.39 is 17.7 Å². The number of rotatable bonds is 3. The molecule has 0 aromatic carbocycles. The maximum Gasteiger partial charge on any atom is 0.251 e. The number of hydrogen-bond donors (Lipinski definition) is 2. The van der Waals surface area contributed by atoms with Crippen LogP contribution in [-0.4, -0.2) is 53.8 Å². The maximum atomic E-state index is 12.2. The SMILES string of the molecule is O=C1NNC(=O)C1CC(=O)N1CCN(c2ccccn2)CC1. The molecule has 2 aliphatic heterocycles. The van der Waals surface area contributed by atoms with E-state index in [4.69, 9.17) is 0 Å². The first-order valence-electron chi connectivity index (χ1n) is 7.18. The largest absolute Gasteiger partial charge is 0.353 e. The molecule has 22 heavy (non-hydrogen) atoms. The molecule has 8 heteroatoms. The highest BCUT2D eigenvalue weighted by molar-refractivity contribution is 6.07. The number of carbonyl (C=O) groups excluding carboxylic acids is 3. The van der Waals surface area contributed by atoms with Crippen LogP contribution in [0, 0.1) is 5.92 Å². The van der Waals surface area contributed by atoms with Crippen LogP contribution in [-0.2, 0) is 14.4 Å². The molecule has 116 valence electrons. The zero-order chi connectivity index (χ0) is 15.5. The third kappa shape index (κ3) is 2.85. The van der Waals surface area contributed by atoms with Crippen LogP contribution in [0.5, 0.6) is 0 Å². The van der Waals surface area contributed by atoms with Gasteiger partial charge in [-0.2, -0.15) is 0 Å². The summed E-state index contributed by atoms with van der Waals surface area (Å²) in [7, 11) is 0. The standard InChI is InChI=1S/C14H17N5O3/c20-12(9-10-13(21)16-17-14(10)22)19-7-5-18(6-8-19)11-3-1-2-4-15-11/h1-4,10H,5-9H2,(H,16,21)(H,17,22). The Kier molecular flexibility index (Phi) is 3.90. The summed E-state index contributed by atoms with van der Waals surface area (Å²) in [4.78, 5) is 43.2. The van der Waals surface area contributed by atoms with Crippen molar-refractivity contribution < 1.29 is 14.4 Å². The van der Waals surface area contributed by atoms with Crippen molar-refractivity contribution in [3.05, 3.63) is 24.4 Å². The Morgan fingerprint density at radius 2 is 1.82 bits per heavy atom. The zero-order valence-corrected chi connectivity index (χ0v) is 12.0. The van der Waals surface area contributed by atoms with Crippen molar-refractivity contribution in [2.75, 3.05) is 31.1 Å². The van der Waals surface area contributed by atoms with Crippen molar-refractivity contribution in [1.29, 1.82) is 0 Å². The van der Waals surface area contributed by atoms with Gasteiger partial charge in [0.2, 0.25) is 5.91 Å². The molecule has 1 aromatic heterocycles. The molecule has 1 aromatic rings. The minimum Gasteiger partial charge on any atom is -0.353 e. The number of aromatic nitrogens is 1. The van der Waals surface area contributed by atoms with Crippen LogP contribution in [0.4, 0.5) is 5.82 Å². The first kappa shape index (κ1) is 14.3. The number of nitrogens with zero attached hydrogens (tertiary/aromatic N) is 3. The molecule has 0 radical (unpaired) electrons. The van der Waals surface area contributed by atoms with E-state index in [0.717, 1.165) is 5.82 Å². The monoisotopic (exact) mass is 303 g/mol. The van der Waals surface area contributed by atoms with E-state index in [1.807, 2.05) is 18.2 Å². The Morgan fingerprint density at radius 3 is 2.41 bits per heavy atom. The fraction of sp³-hybridized carbons (Fsp3) is 0.429. The number of nitrogens with one attached hydrogen (secondary N) is 2. The van der Waals surface area contributed by atoms with Gasteiger partial charge in [0.1, 0.15) is 11.7 Å². The third-order valence-corrected chi connectivity index (χ3v) is 3.93. The molecule has 2 fully saturated rings. The van der Waals surface area contributed by atoms with E-state index in [9.17, 15) is 14.4 Å². The first-order chi connectivity index (χ1) is 10.6. The minimum atomic E-state index is -0.915. The van der Waals surface area contributed by atoms with Gasteiger partial charge in [-0.1, -0.05) is 6.07 Å². The van der Waals surface area contributed by atoms with Crippen molar-refractivity contribution in [2.45, 2.75) is 6.42 Å². The van der Waals surface area contributed by atoms with Crippen LogP contribution in [0.15, 0.2) is 24.4 Å². The molecule has 8 nitrogen and oxygen atoms in total. The van der Waals surface area contributed by atoms with E-state index in [1.165, 1.54) is 0 Å². The highest BCUT2D eigenvalue weighted by Gasteiger charge is 2.36. The lowest BCUT2D eigenvalue weighted by atomic mass is 10.0. The van der Waals surface area contributed by atoms with Gasteiger partial charge in [0, 0.05) is 38.8 Å². The van der Waals surface area contributed by atoms with Crippen molar-refractivity contribution in [3.8, 4) is 0 Å². The molecule has 2 aliphatic rings. The average molecular weight is 303 g/mol. The smallest absolute Gasteiger partial charge is 0.251 e. The Labute approximate surface area is 127 Å². The molecule has 0 unspecified atom stereocenters. The average Bonchev–Trinajstić information content (AvgIpc) is 2.88. The fourth-order valence-electron chi connectivity index (χ4n) is 2.63. The Hall–Kier alpha value is -2.64. The Balaban J connectivity index is 1.54. The molecular formula is C14H17N5O3. The number of pyridine rings is 1. The molecule has 3 heterocycles. The van der Waals surface area contributed by atoms with E-state index in [1.54, 1.807) is 11.1 Å². The maximum absolute atomic E-state index is 12.2. The Morgan fingerprint density at radius 1 is 1.14 bits per heavy atom. The summed E-state index contributed by atoms with van der Waals surface area (Å²) in [6, 6.07) is 5.73. The van der Waals surface area contributed by atoms with Gasteiger partial charge in [-0.3, -0.25) is 25.2 Å². The highest BCUT2D eigenvalue weighted by atomic mass is 16.2. The summed E-state index contributed by atoms with van der Waals surface area (Å²) in [6.07, 6.45) is 1.66. The highest BCUT2D eigenvalue weighted by Crippen LogP contribution is 2.15. The van der Waals surface area contributed by atoms with Crippen molar-refractivity contribution in [2.24, 2.45) is 5.92 Å². The summed E-state index contributed by atoms with van der Waals surface area (Å²) in [5.74, 6) is -1.07. The second-order valence-corrected chi connectivity index (χ2v) is 5.29. The number of piperazine rings is 1. The van der Waals surface area contributed by atoms with E-state index in [-0.39, 0.29) is 12.3 Å². The number of carbonyl (C=O) groups is 3. The first-order valence-corrected chi connectivity index (χ1v) is 7.18. The summed E-state index contributed by atoms with van der Waals surface area (Å²) in [5, 5.41) is 0. The number of amides is 3. The summed E-state index contributed by atoms with van der Waals surface area (Å²) < 4.78 is 0. The lowest BCUT2D eigenvalue weighted by Gasteiger charge is -2.35. The predicted octanol–water partition coefficient (Wildman–Crippen LogP) is -1.10. The van der Waals surface area contributed by atoms with E-state index >= 15 is 0 Å². The van der Waals surface area contributed by atoms with Gasteiger partial charge in [0.25, 0.3) is 11.8 Å². The van der Waals surface area contributed by atoms with Gasteiger partial charge in [-0.05, 0) is 12.1 Å². The number of anilines is 1. The normalized spacial score (nSPS) is 19.1. The van der Waals surface area contributed by atoms with Crippen LogP contribution in [0.3, 0.4) is 0 Å². The molecule has 0 atom stereocenters. The summed E-state index contributed by atoms with van der Waals surface area (Å²) >= 11 is 0. The molecule has 0 saturated carbocycles. The van der Waals surface area contributed by atoms with Gasteiger partial charge >= 0.3 is 0 Å². The van der Waals surface area contributed by atoms with E-state index in [0.29, 0.717) is 26.2 Å². The van der Waals surface area contributed by atoms with Crippen LogP contribution >= 0.6 is 0 Å².